The zero-order chi connectivity index (χ0) is 24.1. The van der Waals surface area contributed by atoms with Crippen molar-refractivity contribution in [2.24, 2.45) is 0 Å². The van der Waals surface area contributed by atoms with Crippen molar-refractivity contribution in [2.75, 3.05) is 44.3 Å². The van der Waals surface area contributed by atoms with E-state index in [0.29, 0.717) is 59.7 Å². The highest BCUT2D eigenvalue weighted by molar-refractivity contribution is 6.42. The summed E-state index contributed by atoms with van der Waals surface area (Å²) in [6, 6.07) is 12.9. The third kappa shape index (κ3) is 5.58. The Labute approximate surface area is 207 Å². The van der Waals surface area contributed by atoms with Crippen LogP contribution in [-0.4, -0.2) is 66.1 Å². The second-order valence-corrected chi connectivity index (χ2v) is 8.53. The van der Waals surface area contributed by atoms with Crippen LogP contribution in [0.2, 0.25) is 10.0 Å². The van der Waals surface area contributed by atoms with E-state index in [1.54, 1.807) is 24.0 Å². The Kier molecular flexibility index (Phi) is 7.82. The lowest BCUT2D eigenvalue weighted by molar-refractivity contribution is -0.136. The molecule has 1 fully saturated rings. The van der Waals surface area contributed by atoms with Crippen LogP contribution in [0.4, 0.5) is 5.82 Å². The third-order valence-corrected chi connectivity index (χ3v) is 6.15. The van der Waals surface area contributed by atoms with Crippen LogP contribution in [0.25, 0.3) is 11.0 Å². The first-order valence-corrected chi connectivity index (χ1v) is 11.7. The Hall–Kier alpha value is -2.94. The van der Waals surface area contributed by atoms with E-state index in [2.05, 4.69) is 9.97 Å². The molecule has 1 amide bonds. The predicted octanol–water partition coefficient (Wildman–Crippen LogP) is 3.98. The lowest BCUT2D eigenvalue weighted by atomic mass is 10.2. The molecule has 0 aliphatic carbocycles. The number of anilines is 1. The smallest absolute Gasteiger partial charge is 0.360 e. The SMILES string of the molecule is CCOC(=O)c1nc2cc(Cl)c(Cl)cc2nc1N1CCN(C(=O)COCc2ccccc2)CC1. The summed E-state index contributed by atoms with van der Waals surface area (Å²) in [6.07, 6.45) is 0. The first-order valence-electron chi connectivity index (χ1n) is 10.9. The molecule has 1 aromatic heterocycles. The normalized spacial score (nSPS) is 13.9. The van der Waals surface area contributed by atoms with Crippen molar-refractivity contribution in [3.05, 3.63) is 63.8 Å². The molecule has 1 aliphatic heterocycles. The number of esters is 1. The molecule has 34 heavy (non-hydrogen) atoms. The van der Waals surface area contributed by atoms with E-state index >= 15 is 0 Å². The molecule has 4 rings (SSSR count). The van der Waals surface area contributed by atoms with Gasteiger partial charge in [0.1, 0.15) is 6.61 Å². The average molecular weight is 503 g/mol. The molecule has 0 atom stereocenters. The van der Waals surface area contributed by atoms with Crippen LogP contribution in [0.3, 0.4) is 0 Å². The number of nitrogens with zero attached hydrogens (tertiary/aromatic N) is 4. The minimum Gasteiger partial charge on any atom is -0.461 e. The first-order chi connectivity index (χ1) is 16.5. The van der Waals surface area contributed by atoms with E-state index in [1.807, 2.05) is 35.2 Å². The molecule has 0 spiro atoms. The Morgan fingerprint density at radius 2 is 1.62 bits per heavy atom. The number of carbonyl (C=O) groups is 2. The van der Waals surface area contributed by atoms with Gasteiger partial charge in [0.05, 0.1) is 34.3 Å². The first kappa shape index (κ1) is 24.2. The molecule has 2 heterocycles. The second kappa shape index (κ2) is 11.0. The average Bonchev–Trinajstić information content (AvgIpc) is 2.85. The fourth-order valence-electron chi connectivity index (χ4n) is 3.69. The molecule has 0 saturated carbocycles. The number of aromatic nitrogens is 2. The summed E-state index contributed by atoms with van der Waals surface area (Å²) < 4.78 is 10.8. The Bertz CT molecular complexity index is 1180. The number of ether oxygens (including phenoxy) is 2. The maximum absolute atomic E-state index is 12.6. The maximum Gasteiger partial charge on any atom is 0.360 e. The number of carbonyl (C=O) groups excluding carboxylic acids is 2. The van der Waals surface area contributed by atoms with Crippen molar-refractivity contribution in [1.29, 1.82) is 0 Å². The van der Waals surface area contributed by atoms with Crippen LogP contribution in [-0.2, 0) is 20.9 Å². The standard InChI is InChI=1S/C24H24Cl2N4O4/c1-2-34-24(32)22-23(28-20-13-18(26)17(25)12-19(20)27-22)30-10-8-29(9-11-30)21(31)15-33-14-16-6-4-3-5-7-16/h3-7,12-13H,2,8-11,14-15H2,1H3. The van der Waals surface area contributed by atoms with Crippen LogP contribution in [0, 0.1) is 0 Å². The largest absolute Gasteiger partial charge is 0.461 e. The number of rotatable bonds is 7. The van der Waals surface area contributed by atoms with Gasteiger partial charge in [0.2, 0.25) is 5.91 Å². The Morgan fingerprint density at radius 1 is 0.971 bits per heavy atom. The van der Waals surface area contributed by atoms with E-state index in [0.717, 1.165) is 5.56 Å². The Balaban J connectivity index is 1.45. The van der Waals surface area contributed by atoms with Crippen molar-refractivity contribution < 1.29 is 19.1 Å². The summed E-state index contributed by atoms with van der Waals surface area (Å²) in [4.78, 5) is 38.0. The molecular formula is C24H24Cl2N4O4. The van der Waals surface area contributed by atoms with Gasteiger partial charge in [0, 0.05) is 26.2 Å². The van der Waals surface area contributed by atoms with Gasteiger partial charge in [-0.2, -0.15) is 0 Å². The number of halogens is 2. The van der Waals surface area contributed by atoms with Gasteiger partial charge in [-0.3, -0.25) is 4.79 Å². The molecule has 0 bridgehead atoms. The van der Waals surface area contributed by atoms with Gasteiger partial charge in [-0.05, 0) is 24.6 Å². The minimum atomic E-state index is -0.564. The summed E-state index contributed by atoms with van der Waals surface area (Å²) in [6.45, 7) is 4.24. The fraction of sp³-hybridized carbons (Fsp3) is 0.333. The third-order valence-electron chi connectivity index (χ3n) is 5.43. The van der Waals surface area contributed by atoms with E-state index < -0.39 is 5.97 Å². The van der Waals surface area contributed by atoms with Gasteiger partial charge < -0.3 is 19.3 Å². The van der Waals surface area contributed by atoms with Gasteiger partial charge in [-0.15, -0.1) is 0 Å². The van der Waals surface area contributed by atoms with Crippen molar-refractivity contribution in [3.8, 4) is 0 Å². The number of amides is 1. The van der Waals surface area contributed by atoms with Gasteiger partial charge in [-0.25, -0.2) is 14.8 Å². The predicted molar refractivity (Wildman–Crippen MR) is 130 cm³/mol. The van der Waals surface area contributed by atoms with Crippen LogP contribution >= 0.6 is 23.2 Å². The molecule has 1 aliphatic rings. The van der Waals surface area contributed by atoms with Crippen molar-refractivity contribution in [3.63, 3.8) is 0 Å². The maximum atomic E-state index is 12.6. The number of hydrogen-bond donors (Lipinski definition) is 0. The van der Waals surface area contributed by atoms with E-state index in [1.165, 1.54) is 0 Å². The second-order valence-electron chi connectivity index (χ2n) is 7.72. The van der Waals surface area contributed by atoms with Crippen molar-refractivity contribution >= 4 is 51.9 Å². The lowest BCUT2D eigenvalue weighted by Crippen LogP contribution is -2.50. The molecule has 178 valence electrons. The zero-order valence-corrected chi connectivity index (χ0v) is 20.2. The quantitative estimate of drug-likeness (QED) is 0.451. The molecule has 3 aromatic rings. The van der Waals surface area contributed by atoms with Gasteiger partial charge in [0.25, 0.3) is 0 Å². The number of hydrogen-bond acceptors (Lipinski definition) is 7. The molecule has 2 aromatic carbocycles. The lowest BCUT2D eigenvalue weighted by Gasteiger charge is -2.35. The molecule has 0 radical (unpaired) electrons. The van der Waals surface area contributed by atoms with Crippen LogP contribution < -0.4 is 4.90 Å². The molecule has 0 N–H and O–H groups in total. The highest BCUT2D eigenvalue weighted by Gasteiger charge is 2.27. The number of piperazine rings is 1. The topological polar surface area (TPSA) is 84.9 Å². The Morgan fingerprint density at radius 3 is 2.26 bits per heavy atom. The monoisotopic (exact) mass is 502 g/mol. The van der Waals surface area contributed by atoms with Crippen molar-refractivity contribution in [2.45, 2.75) is 13.5 Å². The van der Waals surface area contributed by atoms with E-state index in [-0.39, 0.29) is 24.8 Å². The minimum absolute atomic E-state index is 0.0119. The van der Waals surface area contributed by atoms with Gasteiger partial charge in [-0.1, -0.05) is 53.5 Å². The molecule has 10 heteroatoms. The van der Waals surface area contributed by atoms with Crippen LogP contribution in [0.15, 0.2) is 42.5 Å². The summed E-state index contributed by atoms with van der Waals surface area (Å²) in [5, 5.41) is 0.678. The van der Waals surface area contributed by atoms with Gasteiger partial charge in [0.15, 0.2) is 11.5 Å². The number of benzene rings is 2. The van der Waals surface area contributed by atoms with E-state index in [4.69, 9.17) is 32.7 Å². The molecular weight excluding hydrogens is 479 g/mol. The number of fused-ring (bicyclic) bond motifs is 1. The highest BCUT2D eigenvalue weighted by Crippen LogP contribution is 2.29. The van der Waals surface area contributed by atoms with E-state index in [9.17, 15) is 9.59 Å². The fourth-order valence-corrected chi connectivity index (χ4v) is 4.00. The van der Waals surface area contributed by atoms with Crippen molar-refractivity contribution in [1.82, 2.24) is 14.9 Å². The summed E-state index contributed by atoms with van der Waals surface area (Å²) in [5.41, 5.74) is 2.09. The highest BCUT2D eigenvalue weighted by atomic mass is 35.5. The molecule has 0 unspecified atom stereocenters. The zero-order valence-electron chi connectivity index (χ0n) is 18.7. The molecule has 8 nitrogen and oxygen atoms in total. The summed E-state index contributed by atoms with van der Waals surface area (Å²) in [5.74, 6) is -0.241. The summed E-state index contributed by atoms with van der Waals surface area (Å²) in [7, 11) is 0. The van der Waals surface area contributed by atoms with Gasteiger partial charge >= 0.3 is 5.97 Å². The van der Waals surface area contributed by atoms with Crippen LogP contribution in [0.5, 0.6) is 0 Å². The molecule has 1 saturated heterocycles. The van der Waals surface area contributed by atoms with Crippen LogP contribution in [0.1, 0.15) is 23.0 Å². The summed E-state index contributed by atoms with van der Waals surface area (Å²) >= 11 is 12.3.